The minimum absolute atomic E-state index is 0.192. The molecule has 1 N–H and O–H groups in total. The van der Waals surface area contributed by atoms with Gasteiger partial charge in [-0.1, -0.05) is 13.0 Å². The molecule has 1 aromatic rings. The Hall–Kier alpha value is -1.93. The number of rotatable bonds is 7. The fourth-order valence-corrected chi connectivity index (χ4v) is 4.88. The standard InChI is InChI=1S/C19H28N2O5S/c1-4-9-20(13-18(22)23)19(24)16-7-10-21(11-8-16)27(25,26)17-6-5-14(2)15(3)12-17/h5-6,12,16H,4,7-11,13H2,1-3H3,(H,22,23). The van der Waals surface area contributed by atoms with Gasteiger partial charge in [0.1, 0.15) is 6.54 Å². The lowest BCUT2D eigenvalue weighted by Gasteiger charge is -2.33. The van der Waals surface area contributed by atoms with E-state index in [1.807, 2.05) is 20.8 Å². The Balaban J connectivity index is 2.06. The highest BCUT2D eigenvalue weighted by Crippen LogP contribution is 2.26. The molecule has 1 aromatic carbocycles. The number of carboxylic acids is 1. The number of nitrogens with zero attached hydrogens (tertiary/aromatic N) is 2. The molecule has 1 heterocycles. The Morgan fingerprint density at radius 2 is 1.81 bits per heavy atom. The van der Waals surface area contributed by atoms with Crippen LogP contribution in [0.3, 0.4) is 0 Å². The molecule has 0 spiro atoms. The number of aliphatic carboxylic acids is 1. The molecule has 0 aromatic heterocycles. The van der Waals surface area contributed by atoms with Gasteiger partial charge in [0.25, 0.3) is 0 Å². The number of hydrogen-bond donors (Lipinski definition) is 1. The van der Waals surface area contributed by atoms with Crippen molar-refractivity contribution in [2.45, 2.75) is 44.9 Å². The van der Waals surface area contributed by atoms with Gasteiger partial charge in [0.05, 0.1) is 4.90 Å². The third kappa shape index (κ3) is 5.07. The first kappa shape index (κ1) is 21.4. The van der Waals surface area contributed by atoms with E-state index in [4.69, 9.17) is 5.11 Å². The summed E-state index contributed by atoms with van der Waals surface area (Å²) in [4.78, 5) is 25.2. The molecule has 1 saturated heterocycles. The number of hydrogen-bond acceptors (Lipinski definition) is 4. The zero-order chi connectivity index (χ0) is 20.2. The van der Waals surface area contributed by atoms with Crippen molar-refractivity contribution in [3.8, 4) is 0 Å². The second-order valence-electron chi connectivity index (χ2n) is 7.08. The van der Waals surface area contributed by atoms with Crippen molar-refractivity contribution >= 4 is 21.9 Å². The first-order chi connectivity index (χ1) is 12.7. The summed E-state index contributed by atoms with van der Waals surface area (Å²) in [5.41, 5.74) is 1.96. The van der Waals surface area contributed by atoms with Crippen molar-refractivity contribution in [1.29, 1.82) is 0 Å². The number of carbonyl (C=O) groups is 2. The molecule has 0 saturated carbocycles. The van der Waals surface area contributed by atoms with Gasteiger partial charge in [-0.25, -0.2) is 8.42 Å². The van der Waals surface area contributed by atoms with Crippen LogP contribution in [0.2, 0.25) is 0 Å². The molecule has 1 aliphatic heterocycles. The van der Waals surface area contributed by atoms with E-state index in [2.05, 4.69) is 0 Å². The van der Waals surface area contributed by atoms with Crippen molar-refractivity contribution in [2.75, 3.05) is 26.2 Å². The molecule has 0 bridgehead atoms. The van der Waals surface area contributed by atoms with Gasteiger partial charge in [0.15, 0.2) is 0 Å². The maximum absolute atomic E-state index is 12.9. The molecule has 0 aliphatic carbocycles. The zero-order valence-electron chi connectivity index (χ0n) is 16.1. The summed E-state index contributed by atoms with van der Waals surface area (Å²) in [5, 5.41) is 8.99. The largest absolute Gasteiger partial charge is 0.480 e. The molecule has 0 radical (unpaired) electrons. The fraction of sp³-hybridized carbons (Fsp3) is 0.579. The van der Waals surface area contributed by atoms with Crippen LogP contribution in [0.5, 0.6) is 0 Å². The van der Waals surface area contributed by atoms with Crippen LogP contribution in [-0.4, -0.2) is 60.8 Å². The summed E-state index contributed by atoms with van der Waals surface area (Å²) in [6, 6.07) is 5.09. The molecule has 27 heavy (non-hydrogen) atoms. The van der Waals surface area contributed by atoms with E-state index in [1.54, 1.807) is 18.2 Å². The van der Waals surface area contributed by atoms with Crippen LogP contribution in [0, 0.1) is 19.8 Å². The van der Waals surface area contributed by atoms with Crippen LogP contribution in [0.15, 0.2) is 23.1 Å². The monoisotopic (exact) mass is 396 g/mol. The first-order valence-corrected chi connectivity index (χ1v) is 10.7. The number of aryl methyl sites for hydroxylation is 2. The van der Waals surface area contributed by atoms with E-state index in [0.717, 1.165) is 11.1 Å². The van der Waals surface area contributed by atoms with E-state index < -0.39 is 16.0 Å². The maximum atomic E-state index is 12.9. The molecule has 7 nitrogen and oxygen atoms in total. The molecule has 0 unspecified atom stereocenters. The topological polar surface area (TPSA) is 95.0 Å². The lowest BCUT2D eigenvalue weighted by molar-refractivity contribution is -0.146. The highest BCUT2D eigenvalue weighted by Gasteiger charge is 2.34. The van der Waals surface area contributed by atoms with E-state index in [9.17, 15) is 18.0 Å². The minimum Gasteiger partial charge on any atom is -0.480 e. The van der Waals surface area contributed by atoms with Gasteiger partial charge in [0, 0.05) is 25.6 Å². The summed E-state index contributed by atoms with van der Waals surface area (Å²) in [6.07, 6.45) is 1.49. The Morgan fingerprint density at radius 3 is 2.33 bits per heavy atom. The average Bonchev–Trinajstić information content (AvgIpc) is 2.62. The van der Waals surface area contributed by atoms with Crippen LogP contribution in [0.4, 0.5) is 0 Å². The van der Waals surface area contributed by atoms with Crippen LogP contribution in [0.25, 0.3) is 0 Å². The predicted molar refractivity (Wildman–Crippen MR) is 102 cm³/mol. The number of sulfonamides is 1. The Labute approximate surface area is 161 Å². The molecule has 8 heteroatoms. The molecule has 2 rings (SSSR count). The Kier molecular flexibility index (Phi) is 7.00. The van der Waals surface area contributed by atoms with E-state index in [1.165, 1.54) is 9.21 Å². The normalized spacial score (nSPS) is 16.3. The molecular formula is C19H28N2O5S. The van der Waals surface area contributed by atoms with Crippen LogP contribution in [0.1, 0.15) is 37.3 Å². The molecular weight excluding hydrogens is 368 g/mol. The second kappa shape index (κ2) is 8.84. The van der Waals surface area contributed by atoms with Crippen molar-refractivity contribution < 1.29 is 23.1 Å². The third-order valence-corrected chi connectivity index (χ3v) is 6.95. The van der Waals surface area contributed by atoms with Crippen LogP contribution >= 0.6 is 0 Å². The number of carbonyl (C=O) groups excluding carboxylic acids is 1. The van der Waals surface area contributed by atoms with Crippen LogP contribution in [-0.2, 0) is 19.6 Å². The third-order valence-electron chi connectivity index (χ3n) is 5.05. The summed E-state index contributed by atoms with van der Waals surface area (Å²) < 4.78 is 27.1. The summed E-state index contributed by atoms with van der Waals surface area (Å²) >= 11 is 0. The lowest BCUT2D eigenvalue weighted by Crippen LogP contribution is -2.45. The molecule has 1 aliphatic rings. The average molecular weight is 397 g/mol. The SMILES string of the molecule is CCCN(CC(=O)O)C(=O)C1CCN(S(=O)(=O)c2ccc(C)c(C)c2)CC1. The second-order valence-corrected chi connectivity index (χ2v) is 9.02. The van der Waals surface area contributed by atoms with Crippen molar-refractivity contribution in [3.05, 3.63) is 29.3 Å². The quantitative estimate of drug-likeness (QED) is 0.761. The maximum Gasteiger partial charge on any atom is 0.323 e. The highest BCUT2D eigenvalue weighted by molar-refractivity contribution is 7.89. The van der Waals surface area contributed by atoms with Gasteiger partial charge in [-0.05, 0) is 56.4 Å². The summed E-state index contributed by atoms with van der Waals surface area (Å²) in [5.74, 6) is -1.56. The first-order valence-electron chi connectivity index (χ1n) is 9.24. The summed E-state index contributed by atoms with van der Waals surface area (Å²) in [7, 11) is -3.59. The van der Waals surface area contributed by atoms with Crippen LogP contribution < -0.4 is 0 Å². The van der Waals surface area contributed by atoms with Crippen molar-refractivity contribution in [3.63, 3.8) is 0 Å². The van der Waals surface area contributed by atoms with Gasteiger partial charge in [-0.2, -0.15) is 4.31 Å². The number of piperidine rings is 1. The molecule has 1 fully saturated rings. The van der Waals surface area contributed by atoms with Gasteiger partial charge in [-0.3, -0.25) is 9.59 Å². The van der Waals surface area contributed by atoms with Gasteiger partial charge in [0.2, 0.25) is 15.9 Å². The van der Waals surface area contributed by atoms with E-state index in [0.29, 0.717) is 25.8 Å². The van der Waals surface area contributed by atoms with Gasteiger partial charge < -0.3 is 10.0 Å². The van der Waals surface area contributed by atoms with Crippen molar-refractivity contribution in [1.82, 2.24) is 9.21 Å². The lowest BCUT2D eigenvalue weighted by atomic mass is 9.96. The summed E-state index contributed by atoms with van der Waals surface area (Å²) in [6.45, 7) is 6.31. The Morgan fingerprint density at radius 1 is 1.19 bits per heavy atom. The Bertz CT molecular complexity index is 798. The molecule has 1 amide bonds. The minimum atomic E-state index is -3.59. The van der Waals surface area contributed by atoms with Crippen molar-refractivity contribution in [2.24, 2.45) is 5.92 Å². The van der Waals surface area contributed by atoms with E-state index in [-0.39, 0.29) is 36.4 Å². The van der Waals surface area contributed by atoms with Gasteiger partial charge >= 0.3 is 5.97 Å². The smallest absolute Gasteiger partial charge is 0.323 e. The van der Waals surface area contributed by atoms with E-state index >= 15 is 0 Å². The van der Waals surface area contributed by atoms with Gasteiger partial charge in [-0.15, -0.1) is 0 Å². The number of amides is 1. The number of benzene rings is 1. The highest BCUT2D eigenvalue weighted by atomic mass is 32.2. The fourth-order valence-electron chi connectivity index (χ4n) is 3.33. The predicted octanol–water partition coefficient (Wildman–Crippen LogP) is 2.03. The molecule has 0 atom stereocenters. The zero-order valence-corrected chi connectivity index (χ0v) is 17.0. The molecule has 150 valence electrons. The number of carboxylic acid groups (broad SMARTS) is 1.